The highest BCUT2D eigenvalue weighted by Crippen LogP contribution is 2.39. The van der Waals surface area contributed by atoms with E-state index in [1.165, 1.54) is 23.2 Å². The van der Waals surface area contributed by atoms with Gasteiger partial charge in [0.15, 0.2) is 0 Å². The quantitative estimate of drug-likeness (QED) is 0.526. The molecule has 1 amide bonds. The Morgan fingerprint density at radius 3 is 2.56 bits per heavy atom. The first kappa shape index (κ1) is 12.9. The molecule has 0 radical (unpaired) electrons. The van der Waals surface area contributed by atoms with Crippen LogP contribution in [-0.2, 0) is 14.3 Å². The fourth-order valence-corrected chi connectivity index (χ4v) is 2.76. The van der Waals surface area contributed by atoms with E-state index in [2.05, 4.69) is 13.8 Å². The van der Waals surface area contributed by atoms with Gasteiger partial charge in [-0.25, -0.2) is 4.79 Å². The molecule has 1 aliphatic carbocycles. The number of amides is 1. The summed E-state index contributed by atoms with van der Waals surface area (Å²) in [5.41, 5.74) is 3.00. The number of methoxy groups -OCH3 is 1. The molecule has 0 aromatic carbocycles. The zero-order valence-electron chi connectivity index (χ0n) is 11.3. The molecular formula is C14H19NO3. The van der Waals surface area contributed by atoms with Crippen LogP contribution < -0.4 is 0 Å². The molecule has 4 nitrogen and oxygen atoms in total. The number of hydrogen-bond donors (Lipinski definition) is 0. The molecular weight excluding hydrogens is 230 g/mol. The van der Waals surface area contributed by atoms with Crippen molar-refractivity contribution in [1.29, 1.82) is 0 Å². The van der Waals surface area contributed by atoms with E-state index in [1.807, 2.05) is 6.08 Å². The molecule has 0 aromatic heterocycles. The minimum atomic E-state index is -0.437. The fraction of sp³-hybridized carbons (Fsp3) is 0.571. The van der Waals surface area contributed by atoms with Gasteiger partial charge in [-0.1, -0.05) is 11.1 Å². The van der Waals surface area contributed by atoms with Gasteiger partial charge in [-0.15, -0.1) is 0 Å². The van der Waals surface area contributed by atoms with Crippen LogP contribution in [0.15, 0.2) is 22.9 Å². The summed E-state index contributed by atoms with van der Waals surface area (Å²) >= 11 is 0. The normalized spacial score (nSPS) is 27.9. The summed E-state index contributed by atoms with van der Waals surface area (Å²) < 4.78 is 4.72. The second kappa shape index (κ2) is 4.59. The molecule has 2 aliphatic rings. The maximum absolute atomic E-state index is 12.3. The third kappa shape index (κ3) is 1.96. The second-order valence-corrected chi connectivity index (χ2v) is 5.18. The maximum atomic E-state index is 12.3. The largest absolute Gasteiger partial charge is 0.464 e. The number of nitrogens with zero attached hydrogens (tertiary/aromatic N) is 1. The van der Waals surface area contributed by atoms with E-state index in [1.54, 1.807) is 7.05 Å². The molecule has 0 saturated carbocycles. The Morgan fingerprint density at radius 1 is 1.33 bits per heavy atom. The fourth-order valence-electron chi connectivity index (χ4n) is 2.76. The molecule has 0 saturated heterocycles. The number of carbonyl (C=O) groups is 2. The molecule has 0 unspecified atom stereocenters. The average molecular weight is 249 g/mol. The Balaban J connectivity index is 2.37. The summed E-state index contributed by atoms with van der Waals surface area (Å²) in [6.07, 6.45) is 3.55. The average Bonchev–Trinajstić information content (AvgIpc) is 2.35. The highest BCUT2D eigenvalue weighted by atomic mass is 16.5. The Hall–Kier alpha value is -1.58. The standard InChI is InChI=1S/C14H19NO3/c1-8-5-10-7-12(14(17)18-4)15(3)13(16)11(10)6-9(8)2/h7,10-11H,5-6H2,1-4H3/t10-,11-/m1/s1. The number of allylic oxidation sites excluding steroid dienone is 3. The van der Waals surface area contributed by atoms with Gasteiger partial charge in [0.1, 0.15) is 5.70 Å². The highest BCUT2D eigenvalue weighted by molar-refractivity contribution is 5.96. The van der Waals surface area contributed by atoms with Crippen molar-refractivity contribution in [2.24, 2.45) is 11.8 Å². The van der Waals surface area contributed by atoms with E-state index < -0.39 is 5.97 Å². The monoisotopic (exact) mass is 249 g/mol. The van der Waals surface area contributed by atoms with Crippen molar-refractivity contribution in [2.75, 3.05) is 14.2 Å². The van der Waals surface area contributed by atoms with Gasteiger partial charge >= 0.3 is 5.97 Å². The van der Waals surface area contributed by atoms with Crippen LogP contribution in [0.3, 0.4) is 0 Å². The van der Waals surface area contributed by atoms with E-state index in [9.17, 15) is 9.59 Å². The lowest BCUT2D eigenvalue weighted by Gasteiger charge is -2.37. The first-order valence-corrected chi connectivity index (χ1v) is 6.18. The van der Waals surface area contributed by atoms with Crippen LogP contribution in [0, 0.1) is 11.8 Å². The van der Waals surface area contributed by atoms with Crippen molar-refractivity contribution in [3.8, 4) is 0 Å². The number of fused-ring (bicyclic) bond motifs is 1. The number of esters is 1. The third-order valence-corrected chi connectivity index (χ3v) is 4.09. The summed E-state index contributed by atoms with van der Waals surface area (Å²) in [6.45, 7) is 4.18. The van der Waals surface area contributed by atoms with Gasteiger partial charge in [0.2, 0.25) is 5.91 Å². The molecule has 2 rings (SSSR count). The van der Waals surface area contributed by atoms with Crippen LogP contribution in [0.25, 0.3) is 0 Å². The Labute approximate surface area is 107 Å². The molecule has 4 heteroatoms. The van der Waals surface area contributed by atoms with E-state index in [-0.39, 0.29) is 17.7 Å². The summed E-state index contributed by atoms with van der Waals surface area (Å²) in [6, 6.07) is 0. The van der Waals surface area contributed by atoms with Gasteiger partial charge in [-0.05, 0) is 38.7 Å². The van der Waals surface area contributed by atoms with Crippen LogP contribution in [-0.4, -0.2) is 30.9 Å². The van der Waals surface area contributed by atoms with E-state index >= 15 is 0 Å². The molecule has 1 aliphatic heterocycles. The van der Waals surface area contributed by atoms with Crippen molar-refractivity contribution < 1.29 is 14.3 Å². The summed E-state index contributed by atoms with van der Waals surface area (Å²) in [4.78, 5) is 25.4. The molecule has 1 heterocycles. The first-order valence-electron chi connectivity index (χ1n) is 6.18. The Kier molecular flexibility index (Phi) is 3.28. The van der Waals surface area contributed by atoms with Crippen LogP contribution in [0.4, 0.5) is 0 Å². The molecule has 0 N–H and O–H groups in total. The third-order valence-electron chi connectivity index (χ3n) is 4.09. The van der Waals surface area contributed by atoms with Crippen LogP contribution in [0.5, 0.6) is 0 Å². The lowest BCUT2D eigenvalue weighted by molar-refractivity contribution is -0.144. The number of ether oxygens (including phenoxy) is 1. The molecule has 0 spiro atoms. The lowest BCUT2D eigenvalue weighted by atomic mass is 9.74. The molecule has 0 bridgehead atoms. The number of hydrogen-bond acceptors (Lipinski definition) is 3. The predicted octanol–water partition coefficient (Wildman–Crippen LogP) is 1.88. The molecule has 0 aromatic rings. The van der Waals surface area contributed by atoms with Gasteiger partial charge in [0, 0.05) is 13.0 Å². The summed E-state index contributed by atoms with van der Waals surface area (Å²) in [5, 5.41) is 0. The number of rotatable bonds is 1. The van der Waals surface area contributed by atoms with Gasteiger partial charge in [-0.2, -0.15) is 0 Å². The minimum Gasteiger partial charge on any atom is -0.464 e. The van der Waals surface area contributed by atoms with E-state index in [0.29, 0.717) is 5.70 Å². The second-order valence-electron chi connectivity index (χ2n) is 5.18. The lowest BCUT2D eigenvalue weighted by Crippen LogP contribution is -2.43. The van der Waals surface area contributed by atoms with Crippen molar-refractivity contribution in [3.05, 3.63) is 22.9 Å². The topological polar surface area (TPSA) is 46.6 Å². The zero-order valence-corrected chi connectivity index (χ0v) is 11.3. The maximum Gasteiger partial charge on any atom is 0.354 e. The van der Waals surface area contributed by atoms with Crippen molar-refractivity contribution >= 4 is 11.9 Å². The van der Waals surface area contributed by atoms with Gasteiger partial charge in [0.25, 0.3) is 0 Å². The minimum absolute atomic E-state index is 0.0212. The molecule has 0 fully saturated rings. The Bertz CT molecular complexity index is 462. The first-order chi connectivity index (χ1) is 8.45. The van der Waals surface area contributed by atoms with Crippen LogP contribution >= 0.6 is 0 Å². The van der Waals surface area contributed by atoms with Crippen molar-refractivity contribution in [3.63, 3.8) is 0 Å². The van der Waals surface area contributed by atoms with Crippen LogP contribution in [0.2, 0.25) is 0 Å². The Morgan fingerprint density at radius 2 is 1.94 bits per heavy atom. The van der Waals surface area contributed by atoms with Gasteiger partial charge in [-0.3, -0.25) is 4.79 Å². The molecule has 2 atom stereocenters. The summed E-state index contributed by atoms with van der Waals surface area (Å²) in [7, 11) is 2.98. The van der Waals surface area contributed by atoms with Crippen molar-refractivity contribution in [1.82, 2.24) is 4.90 Å². The highest BCUT2D eigenvalue weighted by Gasteiger charge is 2.39. The van der Waals surface area contributed by atoms with Gasteiger partial charge in [0.05, 0.1) is 7.11 Å². The predicted molar refractivity (Wildman–Crippen MR) is 67.5 cm³/mol. The number of likely N-dealkylation sites (N-methyl/N-ethyl adjacent to an activating group) is 1. The smallest absolute Gasteiger partial charge is 0.354 e. The van der Waals surface area contributed by atoms with E-state index in [0.717, 1.165) is 12.8 Å². The molecule has 98 valence electrons. The molecule has 18 heavy (non-hydrogen) atoms. The SMILES string of the molecule is COC(=O)C1=C[C@H]2CC(C)=C(C)C[C@H]2C(=O)N1C. The summed E-state index contributed by atoms with van der Waals surface area (Å²) in [5.74, 6) is -0.304. The number of carbonyl (C=O) groups excluding carboxylic acids is 2. The van der Waals surface area contributed by atoms with Gasteiger partial charge < -0.3 is 9.64 Å². The zero-order chi connectivity index (χ0) is 13.4. The van der Waals surface area contributed by atoms with Crippen molar-refractivity contribution in [2.45, 2.75) is 26.7 Å². The van der Waals surface area contributed by atoms with Crippen LogP contribution in [0.1, 0.15) is 26.7 Å². The van der Waals surface area contributed by atoms with E-state index in [4.69, 9.17) is 4.74 Å².